The number of sulfonamides is 1. The summed E-state index contributed by atoms with van der Waals surface area (Å²) in [6.45, 7) is 5.86. The summed E-state index contributed by atoms with van der Waals surface area (Å²) >= 11 is 0. The third-order valence-electron chi connectivity index (χ3n) is 6.61. The van der Waals surface area contributed by atoms with Gasteiger partial charge in [-0.3, -0.25) is 4.79 Å². The first-order chi connectivity index (χ1) is 15.6. The van der Waals surface area contributed by atoms with Gasteiger partial charge in [-0.15, -0.1) is 0 Å². The molecule has 9 nitrogen and oxygen atoms in total. The lowest BCUT2D eigenvalue weighted by atomic mass is 9.95. The van der Waals surface area contributed by atoms with Gasteiger partial charge in [0.05, 0.1) is 19.4 Å². The zero-order chi connectivity index (χ0) is 24.2. The molecule has 1 atom stereocenters. The molecule has 3 rings (SSSR count). The minimum atomic E-state index is -3.18. The number of nitrogens with one attached hydrogen (secondary N) is 2. The van der Waals surface area contributed by atoms with Crippen molar-refractivity contribution in [2.75, 3.05) is 39.5 Å². The molecule has 184 valence electrons. The molecule has 0 saturated carbocycles. The lowest BCUT2D eigenvalue weighted by molar-refractivity contribution is -0.126. The Morgan fingerprint density at radius 3 is 2.30 bits per heavy atom. The van der Waals surface area contributed by atoms with E-state index in [0.717, 1.165) is 16.9 Å². The fourth-order valence-electron chi connectivity index (χ4n) is 4.54. The molecule has 0 bridgehead atoms. The summed E-state index contributed by atoms with van der Waals surface area (Å²) in [6.07, 6.45) is 3.66. The van der Waals surface area contributed by atoms with E-state index in [4.69, 9.17) is 4.74 Å². The van der Waals surface area contributed by atoms with E-state index < -0.39 is 10.0 Å². The van der Waals surface area contributed by atoms with Gasteiger partial charge in [0.1, 0.15) is 5.75 Å². The summed E-state index contributed by atoms with van der Waals surface area (Å²) in [5, 5.41) is 6.13. The average molecular weight is 481 g/mol. The Labute approximate surface area is 196 Å². The number of hydrogen-bond donors (Lipinski definition) is 2. The second kappa shape index (κ2) is 10.7. The highest BCUT2D eigenvalue weighted by Crippen LogP contribution is 2.27. The van der Waals surface area contributed by atoms with Crippen LogP contribution in [0.4, 0.5) is 4.79 Å². The number of methoxy groups -OCH3 is 1. The Kier molecular flexibility index (Phi) is 8.23. The lowest BCUT2D eigenvalue weighted by Crippen LogP contribution is -2.52. The van der Waals surface area contributed by atoms with E-state index in [0.29, 0.717) is 51.9 Å². The van der Waals surface area contributed by atoms with Crippen molar-refractivity contribution in [2.45, 2.75) is 51.6 Å². The molecular formula is C23H36N4O5S. The number of rotatable bonds is 6. The molecule has 2 N–H and O–H groups in total. The molecule has 2 aliphatic heterocycles. The SMILES string of the molecule is COc1ccc(C)cc1[C@@H](C)NC(=O)C1CCN(C(=O)NC2CCN(S(C)(=O)=O)CC2)CC1. The zero-order valence-electron chi connectivity index (χ0n) is 20.0. The minimum absolute atomic E-state index is 0.000681. The number of carbonyl (C=O) groups is 2. The maximum absolute atomic E-state index is 12.8. The van der Waals surface area contributed by atoms with Crippen LogP contribution in [0.1, 0.15) is 49.8 Å². The molecule has 10 heteroatoms. The molecule has 0 aliphatic carbocycles. The van der Waals surface area contributed by atoms with Gasteiger partial charge in [-0.05, 0) is 45.6 Å². The van der Waals surface area contributed by atoms with Gasteiger partial charge in [0.15, 0.2) is 0 Å². The van der Waals surface area contributed by atoms with Gasteiger partial charge >= 0.3 is 6.03 Å². The highest BCUT2D eigenvalue weighted by molar-refractivity contribution is 7.88. The van der Waals surface area contributed by atoms with Crippen LogP contribution in [0.5, 0.6) is 5.75 Å². The summed E-state index contributed by atoms with van der Waals surface area (Å²) < 4.78 is 30.2. The number of likely N-dealkylation sites (tertiary alicyclic amines) is 1. The van der Waals surface area contributed by atoms with Gasteiger partial charge in [-0.1, -0.05) is 17.7 Å². The number of ether oxygens (including phenoxy) is 1. The number of carbonyl (C=O) groups excluding carboxylic acids is 2. The van der Waals surface area contributed by atoms with Crippen LogP contribution in [0.2, 0.25) is 0 Å². The number of urea groups is 1. The van der Waals surface area contributed by atoms with Crippen molar-refractivity contribution in [3.05, 3.63) is 29.3 Å². The van der Waals surface area contributed by atoms with E-state index >= 15 is 0 Å². The molecule has 2 fully saturated rings. The number of hydrogen-bond acceptors (Lipinski definition) is 5. The predicted molar refractivity (Wildman–Crippen MR) is 127 cm³/mol. The van der Waals surface area contributed by atoms with Crippen molar-refractivity contribution in [2.24, 2.45) is 5.92 Å². The molecule has 0 spiro atoms. The van der Waals surface area contributed by atoms with Crippen LogP contribution in [-0.4, -0.2) is 75.1 Å². The maximum atomic E-state index is 12.8. The van der Waals surface area contributed by atoms with E-state index in [1.807, 2.05) is 32.0 Å². The van der Waals surface area contributed by atoms with Gasteiger partial charge in [0.2, 0.25) is 15.9 Å². The number of aryl methyl sites for hydroxylation is 1. The summed E-state index contributed by atoms with van der Waals surface area (Å²) in [7, 11) is -1.56. The molecule has 2 heterocycles. The van der Waals surface area contributed by atoms with Gasteiger partial charge in [0, 0.05) is 43.7 Å². The van der Waals surface area contributed by atoms with Gasteiger partial charge in [-0.25, -0.2) is 17.5 Å². The molecular weight excluding hydrogens is 444 g/mol. The molecule has 1 aromatic rings. The largest absolute Gasteiger partial charge is 0.496 e. The van der Waals surface area contributed by atoms with E-state index in [1.165, 1.54) is 10.6 Å². The van der Waals surface area contributed by atoms with Gasteiger partial charge < -0.3 is 20.3 Å². The summed E-state index contributed by atoms with van der Waals surface area (Å²) in [5.74, 6) is 0.617. The summed E-state index contributed by atoms with van der Waals surface area (Å²) in [4.78, 5) is 27.3. The molecule has 0 radical (unpaired) electrons. The standard InChI is InChI=1S/C23H36N4O5S/c1-16-5-6-21(32-3)20(15-16)17(2)24-22(28)18-7-11-26(12-8-18)23(29)25-19-9-13-27(14-10-19)33(4,30)31/h5-6,15,17-19H,7-14H2,1-4H3,(H,24,28)(H,25,29)/t17-/m1/s1. The van der Waals surface area contributed by atoms with Gasteiger partial charge in [0.25, 0.3) is 0 Å². The number of nitrogens with zero attached hydrogens (tertiary/aromatic N) is 2. The molecule has 2 aliphatic rings. The normalized spacial score (nSPS) is 19.7. The van der Waals surface area contributed by atoms with E-state index in [9.17, 15) is 18.0 Å². The summed E-state index contributed by atoms with van der Waals surface area (Å²) in [5.41, 5.74) is 2.05. The Morgan fingerprint density at radius 2 is 1.73 bits per heavy atom. The highest BCUT2D eigenvalue weighted by Gasteiger charge is 2.31. The predicted octanol–water partition coefficient (Wildman–Crippen LogP) is 2.03. The van der Waals surface area contributed by atoms with E-state index in [-0.39, 0.29) is 29.9 Å². The van der Waals surface area contributed by atoms with Crippen molar-refractivity contribution in [3.8, 4) is 5.75 Å². The highest BCUT2D eigenvalue weighted by atomic mass is 32.2. The van der Waals surface area contributed by atoms with Crippen LogP contribution >= 0.6 is 0 Å². The topological polar surface area (TPSA) is 108 Å². The van der Waals surface area contributed by atoms with Crippen LogP contribution in [0, 0.1) is 12.8 Å². The van der Waals surface area contributed by atoms with Crippen molar-refractivity contribution >= 4 is 22.0 Å². The molecule has 33 heavy (non-hydrogen) atoms. The first-order valence-electron chi connectivity index (χ1n) is 11.5. The Morgan fingerprint density at radius 1 is 1.09 bits per heavy atom. The number of benzene rings is 1. The quantitative estimate of drug-likeness (QED) is 0.648. The van der Waals surface area contributed by atoms with Crippen LogP contribution < -0.4 is 15.4 Å². The molecule has 3 amide bonds. The Balaban J connectivity index is 1.45. The molecule has 1 aromatic carbocycles. The molecule has 2 saturated heterocycles. The second-order valence-electron chi connectivity index (χ2n) is 9.12. The van der Waals surface area contributed by atoms with Gasteiger partial charge in [-0.2, -0.15) is 0 Å². The van der Waals surface area contributed by atoms with Crippen molar-refractivity contribution in [3.63, 3.8) is 0 Å². The first-order valence-corrected chi connectivity index (χ1v) is 13.4. The van der Waals surface area contributed by atoms with Crippen molar-refractivity contribution in [1.82, 2.24) is 19.8 Å². The van der Waals surface area contributed by atoms with Crippen LogP contribution in [-0.2, 0) is 14.8 Å². The Bertz CT molecular complexity index is 952. The van der Waals surface area contributed by atoms with Crippen molar-refractivity contribution in [1.29, 1.82) is 0 Å². The third kappa shape index (κ3) is 6.60. The summed E-state index contributed by atoms with van der Waals surface area (Å²) in [6, 6.07) is 5.58. The minimum Gasteiger partial charge on any atom is -0.496 e. The van der Waals surface area contributed by atoms with E-state index in [2.05, 4.69) is 10.6 Å². The van der Waals surface area contributed by atoms with E-state index in [1.54, 1.807) is 12.0 Å². The zero-order valence-corrected chi connectivity index (χ0v) is 20.8. The van der Waals surface area contributed by atoms with Crippen LogP contribution in [0.3, 0.4) is 0 Å². The third-order valence-corrected chi connectivity index (χ3v) is 7.92. The smallest absolute Gasteiger partial charge is 0.317 e. The maximum Gasteiger partial charge on any atom is 0.317 e. The van der Waals surface area contributed by atoms with Crippen LogP contribution in [0.25, 0.3) is 0 Å². The second-order valence-corrected chi connectivity index (χ2v) is 11.1. The average Bonchev–Trinajstić information content (AvgIpc) is 2.78. The van der Waals surface area contributed by atoms with Crippen LogP contribution in [0.15, 0.2) is 18.2 Å². The fraction of sp³-hybridized carbons (Fsp3) is 0.652. The number of amides is 3. The fourth-order valence-corrected chi connectivity index (χ4v) is 5.42. The molecule has 0 unspecified atom stereocenters. The Hall–Kier alpha value is -2.33. The molecule has 0 aromatic heterocycles. The lowest BCUT2D eigenvalue weighted by Gasteiger charge is -2.35. The monoisotopic (exact) mass is 480 g/mol. The first kappa shape index (κ1) is 25.3. The number of piperidine rings is 2. The van der Waals surface area contributed by atoms with Crippen molar-refractivity contribution < 1.29 is 22.7 Å².